The van der Waals surface area contributed by atoms with Gasteiger partial charge in [0.2, 0.25) is 0 Å². The van der Waals surface area contributed by atoms with Crippen molar-refractivity contribution in [3.63, 3.8) is 0 Å². The number of nitrogens with one attached hydrogen (secondary N) is 1. The molecule has 0 spiro atoms. The van der Waals surface area contributed by atoms with Crippen molar-refractivity contribution in [3.8, 4) is 11.3 Å². The quantitative estimate of drug-likeness (QED) is 0.861. The number of nitrogens with two attached hydrogens (primary N) is 1. The SMILES string of the molecule is NC(=O)c1n[nH]nc1-c1ccc(Cl)cc1Cl. The van der Waals surface area contributed by atoms with Crippen molar-refractivity contribution in [3.05, 3.63) is 33.9 Å². The molecule has 1 aromatic carbocycles. The molecule has 0 atom stereocenters. The monoisotopic (exact) mass is 256 g/mol. The van der Waals surface area contributed by atoms with Crippen LogP contribution in [0.3, 0.4) is 0 Å². The number of aromatic nitrogens is 3. The molecule has 16 heavy (non-hydrogen) atoms. The standard InChI is InChI=1S/C9H6Cl2N4O/c10-4-1-2-5(6(11)3-4)7-8(9(12)16)14-15-13-7/h1-3H,(H2,12,16)(H,13,14,15). The zero-order valence-electron chi connectivity index (χ0n) is 7.87. The maximum Gasteiger partial charge on any atom is 0.271 e. The molecule has 5 nitrogen and oxygen atoms in total. The smallest absolute Gasteiger partial charge is 0.271 e. The third-order valence-corrected chi connectivity index (χ3v) is 2.52. The number of rotatable bonds is 2. The number of carbonyl (C=O) groups excluding carboxylic acids is 1. The Morgan fingerprint density at radius 1 is 1.31 bits per heavy atom. The second-order valence-electron chi connectivity index (χ2n) is 3.01. The molecule has 1 aromatic heterocycles. The molecular weight excluding hydrogens is 251 g/mol. The van der Waals surface area contributed by atoms with E-state index in [1.807, 2.05) is 0 Å². The summed E-state index contributed by atoms with van der Waals surface area (Å²) in [5.74, 6) is -0.672. The van der Waals surface area contributed by atoms with Gasteiger partial charge in [-0.1, -0.05) is 23.2 Å². The Morgan fingerprint density at radius 3 is 2.69 bits per heavy atom. The molecule has 0 unspecified atom stereocenters. The number of aromatic amines is 1. The summed E-state index contributed by atoms with van der Waals surface area (Å²) >= 11 is 11.7. The van der Waals surface area contributed by atoms with Gasteiger partial charge in [0, 0.05) is 10.6 Å². The molecular formula is C9H6Cl2N4O. The lowest BCUT2D eigenvalue weighted by atomic mass is 10.1. The van der Waals surface area contributed by atoms with Gasteiger partial charge in [-0.3, -0.25) is 4.79 Å². The van der Waals surface area contributed by atoms with E-state index in [0.29, 0.717) is 21.3 Å². The molecule has 82 valence electrons. The summed E-state index contributed by atoms with van der Waals surface area (Å²) in [5, 5.41) is 10.7. The van der Waals surface area contributed by atoms with Gasteiger partial charge < -0.3 is 5.73 Å². The van der Waals surface area contributed by atoms with Crippen LogP contribution in [-0.2, 0) is 0 Å². The molecule has 0 bridgehead atoms. The van der Waals surface area contributed by atoms with Gasteiger partial charge in [-0.25, -0.2) is 0 Å². The fourth-order valence-electron chi connectivity index (χ4n) is 1.27. The predicted molar refractivity (Wildman–Crippen MR) is 60.4 cm³/mol. The Hall–Kier alpha value is -1.59. The molecule has 2 rings (SSSR count). The van der Waals surface area contributed by atoms with Crippen molar-refractivity contribution in [2.45, 2.75) is 0 Å². The molecule has 0 aliphatic rings. The van der Waals surface area contributed by atoms with Crippen LogP contribution in [-0.4, -0.2) is 21.3 Å². The third kappa shape index (κ3) is 1.87. The third-order valence-electron chi connectivity index (χ3n) is 1.97. The van der Waals surface area contributed by atoms with Crippen LogP contribution >= 0.6 is 23.2 Å². The van der Waals surface area contributed by atoms with Crippen molar-refractivity contribution >= 4 is 29.1 Å². The van der Waals surface area contributed by atoms with Gasteiger partial charge in [0.1, 0.15) is 5.69 Å². The first-order chi connectivity index (χ1) is 7.59. The second kappa shape index (κ2) is 4.11. The maximum absolute atomic E-state index is 11.1. The van der Waals surface area contributed by atoms with E-state index in [1.54, 1.807) is 18.2 Å². The number of halogens is 2. The van der Waals surface area contributed by atoms with Crippen LogP contribution in [0.15, 0.2) is 18.2 Å². The number of amides is 1. The highest BCUT2D eigenvalue weighted by Gasteiger charge is 2.17. The molecule has 0 aliphatic carbocycles. The Morgan fingerprint density at radius 2 is 2.06 bits per heavy atom. The molecule has 2 aromatic rings. The average molecular weight is 257 g/mol. The fraction of sp³-hybridized carbons (Fsp3) is 0. The van der Waals surface area contributed by atoms with Crippen molar-refractivity contribution in [1.82, 2.24) is 15.4 Å². The number of H-pyrrole nitrogens is 1. The van der Waals surface area contributed by atoms with Crippen molar-refractivity contribution in [2.24, 2.45) is 5.73 Å². The highest BCUT2D eigenvalue weighted by Crippen LogP contribution is 2.30. The summed E-state index contributed by atoms with van der Waals surface area (Å²) in [6.45, 7) is 0. The minimum Gasteiger partial charge on any atom is -0.364 e. The Kier molecular flexibility index (Phi) is 2.80. The van der Waals surface area contributed by atoms with E-state index >= 15 is 0 Å². The van der Waals surface area contributed by atoms with Crippen LogP contribution < -0.4 is 5.73 Å². The molecule has 0 saturated carbocycles. The van der Waals surface area contributed by atoms with Crippen LogP contribution in [0.1, 0.15) is 10.5 Å². The topological polar surface area (TPSA) is 84.7 Å². The molecule has 1 amide bonds. The first-order valence-corrected chi connectivity index (χ1v) is 5.01. The minimum atomic E-state index is -0.672. The number of benzene rings is 1. The predicted octanol–water partition coefficient (Wildman–Crippen LogP) is 1.88. The van der Waals surface area contributed by atoms with E-state index in [0.717, 1.165) is 0 Å². The van der Waals surface area contributed by atoms with Gasteiger partial charge in [0.05, 0.1) is 5.02 Å². The summed E-state index contributed by atoms with van der Waals surface area (Å²) < 4.78 is 0. The van der Waals surface area contributed by atoms with Gasteiger partial charge in [0.25, 0.3) is 5.91 Å². The average Bonchev–Trinajstić information content (AvgIpc) is 2.66. The zero-order valence-corrected chi connectivity index (χ0v) is 9.38. The maximum atomic E-state index is 11.1. The Balaban J connectivity index is 2.59. The van der Waals surface area contributed by atoms with Gasteiger partial charge >= 0.3 is 0 Å². The normalized spacial score (nSPS) is 10.4. The number of carbonyl (C=O) groups is 1. The van der Waals surface area contributed by atoms with Crippen molar-refractivity contribution in [2.75, 3.05) is 0 Å². The summed E-state index contributed by atoms with van der Waals surface area (Å²) in [4.78, 5) is 11.1. The lowest BCUT2D eigenvalue weighted by molar-refractivity contribution is 0.0996. The van der Waals surface area contributed by atoms with E-state index in [1.165, 1.54) is 0 Å². The van der Waals surface area contributed by atoms with Crippen LogP contribution in [0.4, 0.5) is 0 Å². The first kappa shape index (κ1) is 10.9. The zero-order chi connectivity index (χ0) is 11.7. The highest BCUT2D eigenvalue weighted by atomic mass is 35.5. The molecule has 0 aliphatic heterocycles. The number of hydrogen-bond donors (Lipinski definition) is 2. The van der Waals surface area contributed by atoms with Gasteiger partial charge in [0.15, 0.2) is 5.69 Å². The fourth-order valence-corrected chi connectivity index (χ4v) is 1.77. The lowest BCUT2D eigenvalue weighted by Gasteiger charge is -2.01. The van der Waals surface area contributed by atoms with Crippen LogP contribution in [0.25, 0.3) is 11.3 Å². The molecule has 7 heteroatoms. The highest BCUT2D eigenvalue weighted by molar-refractivity contribution is 6.36. The van der Waals surface area contributed by atoms with E-state index < -0.39 is 5.91 Å². The molecule has 0 saturated heterocycles. The van der Waals surface area contributed by atoms with Crippen LogP contribution in [0.2, 0.25) is 10.0 Å². The van der Waals surface area contributed by atoms with Crippen molar-refractivity contribution < 1.29 is 4.79 Å². The molecule has 1 heterocycles. The van der Waals surface area contributed by atoms with Crippen LogP contribution in [0, 0.1) is 0 Å². The van der Waals surface area contributed by atoms with Gasteiger partial charge in [-0.05, 0) is 18.2 Å². The Bertz CT molecular complexity index is 552. The largest absolute Gasteiger partial charge is 0.364 e. The number of nitrogens with zero attached hydrogens (tertiary/aromatic N) is 2. The number of primary amides is 1. The van der Waals surface area contributed by atoms with Crippen molar-refractivity contribution in [1.29, 1.82) is 0 Å². The van der Waals surface area contributed by atoms with E-state index in [-0.39, 0.29) is 5.69 Å². The summed E-state index contributed by atoms with van der Waals surface area (Å²) in [6.07, 6.45) is 0. The Labute approximate surface area is 101 Å². The first-order valence-electron chi connectivity index (χ1n) is 4.25. The van der Waals surface area contributed by atoms with E-state index in [9.17, 15) is 4.79 Å². The van der Waals surface area contributed by atoms with E-state index in [4.69, 9.17) is 28.9 Å². The second-order valence-corrected chi connectivity index (χ2v) is 3.85. The van der Waals surface area contributed by atoms with E-state index in [2.05, 4.69) is 15.4 Å². The summed E-state index contributed by atoms with van der Waals surface area (Å²) in [6, 6.07) is 4.84. The minimum absolute atomic E-state index is 0.0456. The number of hydrogen-bond acceptors (Lipinski definition) is 3. The van der Waals surface area contributed by atoms with Gasteiger partial charge in [-0.2, -0.15) is 15.4 Å². The van der Waals surface area contributed by atoms with Crippen LogP contribution in [0.5, 0.6) is 0 Å². The molecule has 3 N–H and O–H groups in total. The molecule has 0 radical (unpaired) electrons. The summed E-state index contributed by atoms with van der Waals surface area (Å²) in [5.41, 5.74) is 6.06. The van der Waals surface area contributed by atoms with Gasteiger partial charge in [-0.15, -0.1) is 0 Å². The summed E-state index contributed by atoms with van der Waals surface area (Å²) in [7, 11) is 0. The lowest BCUT2D eigenvalue weighted by Crippen LogP contribution is -2.12. The molecule has 0 fully saturated rings.